The van der Waals surface area contributed by atoms with Gasteiger partial charge in [0.05, 0.1) is 0 Å². The summed E-state index contributed by atoms with van der Waals surface area (Å²) in [6.07, 6.45) is 0. The molecule has 0 aromatic rings. The Morgan fingerprint density at radius 3 is 1.70 bits per heavy atom. The third-order valence-corrected chi connectivity index (χ3v) is 0.701. The van der Waals surface area contributed by atoms with E-state index in [2.05, 4.69) is 9.32 Å². The molecule has 10 heavy (non-hydrogen) atoms. The second-order valence-electron chi connectivity index (χ2n) is 1.07. The molecule has 0 saturated heterocycles. The van der Waals surface area contributed by atoms with Crippen molar-refractivity contribution in [1.82, 2.24) is 0 Å². The first-order chi connectivity index (χ1) is 3.42. The van der Waals surface area contributed by atoms with Crippen LogP contribution in [-0.2, 0) is 19.3 Å². The summed E-state index contributed by atoms with van der Waals surface area (Å²) in [6, 6.07) is 0. The summed E-state index contributed by atoms with van der Waals surface area (Å²) in [5.41, 5.74) is 0. The quantitative estimate of drug-likeness (QED) is 0.640. The van der Waals surface area contributed by atoms with Crippen LogP contribution >= 0.6 is 24.8 Å². The lowest BCUT2D eigenvalue weighted by molar-refractivity contribution is -0.131. The van der Waals surface area contributed by atoms with E-state index in [1.807, 2.05) is 0 Å². The molecule has 0 unspecified atom stereocenters. The molecule has 0 rings (SSSR count). The first kappa shape index (κ1) is 16.5. The highest BCUT2D eigenvalue weighted by molar-refractivity contribution is 7.84. The highest BCUT2D eigenvalue weighted by Crippen LogP contribution is 1.80. The van der Waals surface area contributed by atoms with Gasteiger partial charge in [0.25, 0.3) is 0 Å². The molecule has 0 bridgehead atoms. The van der Waals surface area contributed by atoms with Crippen molar-refractivity contribution in [3.63, 3.8) is 0 Å². The normalized spacial score (nSPS) is 8.60. The Morgan fingerprint density at radius 2 is 1.70 bits per heavy atom. The molecule has 0 atom stereocenters. The van der Waals surface area contributed by atoms with Crippen molar-refractivity contribution in [3.8, 4) is 0 Å². The van der Waals surface area contributed by atoms with Gasteiger partial charge >= 0.3 is 16.3 Å². The highest BCUT2D eigenvalue weighted by atomic mass is 35.5. The van der Waals surface area contributed by atoms with Crippen molar-refractivity contribution >= 4 is 41.1 Å². The number of hydrogen-bond acceptors (Lipinski definition) is 4. The Hall–Kier alpha value is -0.0400. The van der Waals surface area contributed by atoms with Crippen LogP contribution in [0.5, 0.6) is 0 Å². The molecule has 0 saturated carbocycles. The van der Waals surface area contributed by atoms with E-state index in [-0.39, 0.29) is 24.8 Å². The lowest BCUT2D eigenvalue weighted by Gasteiger charge is -1.91. The maximum atomic E-state index is 9.78. The van der Waals surface area contributed by atoms with Crippen molar-refractivity contribution in [1.29, 1.82) is 0 Å². The zero-order chi connectivity index (χ0) is 6.78. The molecular formula is C2H7Cl2NO4S. The van der Waals surface area contributed by atoms with E-state index < -0.39 is 16.3 Å². The highest BCUT2D eigenvalue weighted by Gasteiger charge is 2.03. The zero-order valence-electron chi connectivity index (χ0n) is 4.94. The third kappa shape index (κ3) is 15.7. The van der Waals surface area contributed by atoms with Crippen LogP contribution in [0.4, 0.5) is 0 Å². The van der Waals surface area contributed by atoms with Crippen LogP contribution in [0.1, 0.15) is 6.92 Å². The largest absolute Gasteiger partial charge is 0.382 e. The molecule has 2 N–H and O–H groups in total. The Morgan fingerprint density at radius 1 is 1.40 bits per heavy atom. The number of nitrogens with two attached hydrogens (primary N) is 1. The summed E-state index contributed by atoms with van der Waals surface area (Å²) in [4.78, 5) is 9.78. The average Bonchev–Trinajstić information content (AvgIpc) is 1.21. The molecule has 0 radical (unpaired) electrons. The van der Waals surface area contributed by atoms with Crippen LogP contribution in [0.2, 0.25) is 0 Å². The van der Waals surface area contributed by atoms with Gasteiger partial charge in [-0.05, 0) is 0 Å². The molecule has 0 aliphatic carbocycles. The minimum atomic E-state index is -4.07. The molecule has 0 aromatic heterocycles. The van der Waals surface area contributed by atoms with Gasteiger partial charge in [0.2, 0.25) is 0 Å². The summed E-state index contributed by atoms with van der Waals surface area (Å²) >= 11 is 0. The van der Waals surface area contributed by atoms with Gasteiger partial charge in [-0.15, -0.1) is 24.8 Å². The van der Waals surface area contributed by atoms with Crippen molar-refractivity contribution in [2.75, 3.05) is 0 Å². The van der Waals surface area contributed by atoms with E-state index in [1.54, 1.807) is 0 Å². The van der Waals surface area contributed by atoms with Crippen LogP contribution in [-0.4, -0.2) is 14.4 Å². The maximum absolute atomic E-state index is 9.78. The molecule has 8 heteroatoms. The monoisotopic (exact) mass is 211 g/mol. The van der Waals surface area contributed by atoms with E-state index >= 15 is 0 Å². The summed E-state index contributed by atoms with van der Waals surface area (Å²) < 4.78 is 23.1. The van der Waals surface area contributed by atoms with E-state index in [9.17, 15) is 13.2 Å². The predicted octanol–water partition coefficient (Wildman–Crippen LogP) is -0.403. The van der Waals surface area contributed by atoms with E-state index in [0.717, 1.165) is 6.92 Å². The van der Waals surface area contributed by atoms with Crippen molar-refractivity contribution in [2.24, 2.45) is 5.14 Å². The Bertz CT molecular complexity index is 187. The number of carbonyl (C=O) groups excluding carboxylic acids is 1. The Labute approximate surface area is 71.0 Å². The first-order valence-corrected chi connectivity index (χ1v) is 3.12. The Kier molecular flexibility index (Phi) is 9.45. The fraction of sp³-hybridized carbons (Fsp3) is 0.500. The van der Waals surface area contributed by atoms with Crippen molar-refractivity contribution in [3.05, 3.63) is 0 Å². The van der Waals surface area contributed by atoms with Gasteiger partial charge in [-0.25, -0.2) is 0 Å². The lowest BCUT2D eigenvalue weighted by Crippen LogP contribution is -2.18. The third-order valence-electron chi connectivity index (χ3n) is 0.234. The van der Waals surface area contributed by atoms with Crippen LogP contribution in [0.15, 0.2) is 0 Å². The van der Waals surface area contributed by atoms with E-state index in [1.165, 1.54) is 0 Å². The fourth-order valence-corrected chi connectivity index (χ4v) is 0.491. The summed E-state index contributed by atoms with van der Waals surface area (Å²) in [6.45, 7) is 0.949. The molecule has 0 fully saturated rings. The van der Waals surface area contributed by atoms with Gasteiger partial charge in [-0.3, -0.25) is 4.79 Å². The summed E-state index contributed by atoms with van der Waals surface area (Å²) in [7, 11) is -4.07. The maximum Gasteiger partial charge on any atom is 0.382 e. The molecule has 64 valence electrons. The standard InChI is InChI=1S/C2H5NO4S.2ClH/c1-2(4)7-8(3,5)6;;/h1H3,(H2,3,5,6);2*1H. The first-order valence-electron chi connectivity index (χ1n) is 1.64. The lowest BCUT2D eigenvalue weighted by atomic mass is 10.9. The van der Waals surface area contributed by atoms with Crippen LogP contribution in [0, 0.1) is 0 Å². The van der Waals surface area contributed by atoms with Crippen LogP contribution < -0.4 is 5.14 Å². The molecule has 5 nitrogen and oxygen atoms in total. The summed E-state index contributed by atoms with van der Waals surface area (Å²) in [5.74, 6) is -0.937. The van der Waals surface area contributed by atoms with Crippen LogP contribution in [0.3, 0.4) is 0 Å². The molecule has 0 aromatic carbocycles. The molecule has 0 heterocycles. The molecule has 0 amide bonds. The second-order valence-corrected chi connectivity index (χ2v) is 2.22. The smallest absolute Gasteiger partial charge is 0.335 e. The van der Waals surface area contributed by atoms with Crippen molar-refractivity contribution in [2.45, 2.75) is 6.92 Å². The summed E-state index contributed by atoms with van der Waals surface area (Å²) in [5, 5.41) is 4.27. The number of rotatable bonds is 1. The van der Waals surface area contributed by atoms with Gasteiger partial charge in [0, 0.05) is 6.92 Å². The van der Waals surface area contributed by atoms with Gasteiger partial charge < -0.3 is 4.18 Å². The molecule has 0 spiro atoms. The minimum absolute atomic E-state index is 0. The minimum Gasteiger partial charge on any atom is -0.335 e. The fourth-order valence-electron chi connectivity index (χ4n) is 0.164. The second kappa shape index (κ2) is 5.72. The van der Waals surface area contributed by atoms with E-state index in [4.69, 9.17) is 0 Å². The van der Waals surface area contributed by atoms with Gasteiger partial charge in [-0.1, -0.05) is 0 Å². The van der Waals surface area contributed by atoms with Crippen LogP contribution in [0.25, 0.3) is 0 Å². The molecule has 0 aliphatic heterocycles. The van der Waals surface area contributed by atoms with Crippen molar-refractivity contribution < 1.29 is 17.4 Å². The van der Waals surface area contributed by atoms with Gasteiger partial charge in [-0.2, -0.15) is 13.6 Å². The average molecular weight is 212 g/mol. The number of halogens is 2. The number of hydrogen-bond donors (Lipinski definition) is 1. The predicted molar refractivity (Wildman–Crippen MR) is 39.4 cm³/mol. The van der Waals surface area contributed by atoms with Gasteiger partial charge in [0.1, 0.15) is 0 Å². The molecule has 0 aliphatic rings. The zero-order valence-corrected chi connectivity index (χ0v) is 7.38. The number of carbonyl (C=O) groups is 1. The Balaban J connectivity index is -0.000000245. The van der Waals surface area contributed by atoms with Gasteiger partial charge in [0.15, 0.2) is 0 Å². The SMILES string of the molecule is CC(=O)OS(N)(=O)=O.Cl.Cl. The molecular weight excluding hydrogens is 205 g/mol. The topological polar surface area (TPSA) is 86.5 Å². The van der Waals surface area contributed by atoms with E-state index in [0.29, 0.717) is 0 Å².